The van der Waals surface area contributed by atoms with Crippen LogP contribution < -0.4 is 0 Å². The maximum absolute atomic E-state index is 11.4. The Kier molecular flexibility index (Phi) is 5.92. The second kappa shape index (κ2) is 8.46. The molecule has 3 aromatic carbocycles. The summed E-state index contributed by atoms with van der Waals surface area (Å²) in [4.78, 5) is 1.52. The minimum absolute atomic E-state index is 0.102. The minimum Gasteiger partial charge on any atom is -0.507 e. The Morgan fingerprint density at radius 1 is 0.824 bits per heavy atom. The Balaban J connectivity index is 1.91. The highest BCUT2D eigenvalue weighted by atomic mass is 16.3. The fourth-order valence-corrected chi connectivity index (χ4v) is 4.29. The van der Waals surface area contributed by atoms with Gasteiger partial charge in [0.2, 0.25) is 0 Å². The summed E-state index contributed by atoms with van der Waals surface area (Å²) in [5, 5.41) is 31.8. The van der Waals surface area contributed by atoms with Gasteiger partial charge >= 0.3 is 0 Å². The first kappa shape index (κ1) is 23.8. The van der Waals surface area contributed by atoms with Crippen molar-refractivity contribution in [3.05, 3.63) is 76.3 Å². The zero-order chi connectivity index (χ0) is 24.8. The summed E-state index contributed by atoms with van der Waals surface area (Å²) >= 11 is 0. The van der Waals surface area contributed by atoms with Crippen molar-refractivity contribution in [3.63, 3.8) is 0 Å². The third-order valence-corrected chi connectivity index (χ3v) is 6.86. The number of hydrogen-bond acceptors (Lipinski definition) is 4. The van der Waals surface area contributed by atoms with Gasteiger partial charge < -0.3 is 10.2 Å². The molecule has 1 heterocycles. The van der Waals surface area contributed by atoms with Gasteiger partial charge in [0.25, 0.3) is 0 Å². The number of benzene rings is 3. The van der Waals surface area contributed by atoms with Gasteiger partial charge in [-0.15, -0.1) is 15.0 Å². The maximum atomic E-state index is 11.4. The quantitative estimate of drug-likeness (QED) is 0.349. The lowest BCUT2D eigenvalue weighted by Crippen LogP contribution is -2.17. The summed E-state index contributed by atoms with van der Waals surface area (Å²) in [7, 11) is 0. The summed E-state index contributed by atoms with van der Waals surface area (Å²) < 4.78 is 0. The highest BCUT2D eigenvalue weighted by Gasteiger charge is 2.25. The van der Waals surface area contributed by atoms with Crippen LogP contribution in [0.2, 0.25) is 0 Å². The molecule has 0 bridgehead atoms. The molecular formula is C29H35N3O2. The van der Waals surface area contributed by atoms with E-state index in [9.17, 15) is 10.2 Å². The van der Waals surface area contributed by atoms with Crippen LogP contribution >= 0.6 is 0 Å². The number of fused-ring (bicyclic) bond motifs is 1. The van der Waals surface area contributed by atoms with Gasteiger partial charge in [0, 0.05) is 12.0 Å². The van der Waals surface area contributed by atoms with Crippen LogP contribution in [0.25, 0.3) is 16.7 Å². The molecular weight excluding hydrogens is 422 g/mol. The normalized spacial score (nSPS) is 12.4. The Morgan fingerprint density at radius 3 is 1.97 bits per heavy atom. The Hall–Kier alpha value is -3.34. The van der Waals surface area contributed by atoms with Crippen LogP contribution in [0.1, 0.15) is 75.8 Å². The molecule has 5 nitrogen and oxygen atoms in total. The van der Waals surface area contributed by atoms with Gasteiger partial charge in [-0.05, 0) is 59.1 Å². The van der Waals surface area contributed by atoms with Gasteiger partial charge in [0.1, 0.15) is 28.2 Å². The molecule has 34 heavy (non-hydrogen) atoms. The summed E-state index contributed by atoms with van der Waals surface area (Å²) in [6, 6.07) is 15.8. The number of aryl methyl sites for hydroxylation is 1. The van der Waals surface area contributed by atoms with E-state index >= 15 is 0 Å². The third-order valence-electron chi connectivity index (χ3n) is 6.86. The molecule has 178 valence electrons. The van der Waals surface area contributed by atoms with Crippen LogP contribution in [0.5, 0.6) is 11.5 Å². The first-order chi connectivity index (χ1) is 15.9. The van der Waals surface area contributed by atoms with E-state index in [0.717, 1.165) is 45.3 Å². The Labute approximate surface area is 202 Å². The van der Waals surface area contributed by atoms with E-state index in [2.05, 4.69) is 57.8 Å². The van der Waals surface area contributed by atoms with E-state index < -0.39 is 0 Å². The number of phenols is 2. The van der Waals surface area contributed by atoms with Gasteiger partial charge in [-0.1, -0.05) is 77.4 Å². The number of aromatic nitrogens is 3. The van der Waals surface area contributed by atoms with Gasteiger partial charge in [0.05, 0.1) is 0 Å². The van der Waals surface area contributed by atoms with E-state index in [4.69, 9.17) is 0 Å². The van der Waals surface area contributed by atoms with Crippen LogP contribution in [0.15, 0.2) is 48.5 Å². The van der Waals surface area contributed by atoms with Crippen molar-refractivity contribution in [1.29, 1.82) is 0 Å². The number of nitrogens with zero attached hydrogens (tertiary/aromatic N) is 3. The van der Waals surface area contributed by atoms with Crippen LogP contribution in [-0.2, 0) is 17.3 Å². The molecule has 0 aliphatic rings. The Morgan fingerprint density at radius 2 is 1.41 bits per heavy atom. The SMILES string of the molecule is CCC(C)(C)c1cc(Cc2cc(C)cc(C(C)(C)C)c2O)c(O)c(-n2nc3ccccc3n2)c1. The highest BCUT2D eigenvalue weighted by molar-refractivity contribution is 5.74. The first-order valence-corrected chi connectivity index (χ1v) is 11.9. The molecule has 2 N–H and O–H groups in total. The lowest BCUT2D eigenvalue weighted by atomic mass is 9.80. The zero-order valence-corrected chi connectivity index (χ0v) is 21.3. The molecule has 4 rings (SSSR count). The summed E-state index contributed by atoms with van der Waals surface area (Å²) in [5.41, 5.74) is 6.44. The number of phenolic OH excluding ortho intramolecular Hbond substituents is 2. The van der Waals surface area contributed by atoms with Crippen molar-refractivity contribution in [2.75, 3.05) is 0 Å². The highest BCUT2D eigenvalue weighted by Crippen LogP contribution is 2.39. The van der Waals surface area contributed by atoms with Crippen LogP contribution in [-0.4, -0.2) is 25.2 Å². The monoisotopic (exact) mass is 457 g/mol. The van der Waals surface area contributed by atoms with Crippen molar-refractivity contribution in [2.45, 2.75) is 72.1 Å². The standard InChI is InChI=1S/C29H35N3O2/c1-8-29(6,7)21-16-20(15-19-13-18(2)14-22(26(19)33)28(3,4)5)27(34)25(17-21)32-30-23-11-9-10-12-24(23)31-32/h9-14,16-17,33-34H,8,15H2,1-7H3. The van der Waals surface area contributed by atoms with Crippen molar-refractivity contribution < 1.29 is 10.2 Å². The topological polar surface area (TPSA) is 71.2 Å². The molecule has 0 aliphatic heterocycles. The molecule has 0 radical (unpaired) electrons. The second-order valence-corrected chi connectivity index (χ2v) is 11.0. The fraction of sp³-hybridized carbons (Fsp3) is 0.379. The molecule has 0 atom stereocenters. The predicted molar refractivity (Wildman–Crippen MR) is 138 cm³/mol. The molecule has 0 saturated heterocycles. The molecule has 0 aliphatic carbocycles. The average molecular weight is 458 g/mol. The lowest BCUT2D eigenvalue weighted by molar-refractivity contribution is 0.439. The first-order valence-electron chi connectivity index (χ1n) is 11.9. The van der Waals surface area contributed by atoms with E-state index in [-0.39, 0.29) is 16.6 Å². The van der Waals surface area contributed by atoms with Crippen molar-refractivity contribution in [3.8, 4) is 17.2 Å². The molecule has 0 saturated carbocycles. The van der Waals surface area contributed by atoms with Gasteiger partial charge in [-0.2, -0.15) is 0 Å². The zero-order valence-electron chi connectivity index (χ0n) is 21.3. The maximum Gasteiger partial charge on any atom is 0.146 e. The van der Waals surface area contributed by atoms with Crippen molar-refractivity contribution in [2.24, 2.45) is 0 Å². The second-order valence-electron chi connectivity index (χ2n) is 11.0. The third kappa shape index (κ3) is 4.39. The molecule has 0 unspecified atom stereocenters. The molecule has 5 heteroatoms. The average Bonchev–Trinajstić information content (AvgIpc) is 3.20. The van der Waals surface area contributed by atoms with E-state index in [0.29, 0.717) is 17.9 Å². The molecule has 0 amide bonds. The van der Waals surface area contributed by atoms with Crippen LogP contribution in [0.4, 0.5) is 0 Å². The number of aromatic hydroxyl groups is 2. The molecule has 0 fully saturated rings. The van der Waals surface area contributed by atoms with Crippen molar-refractivity contribution >= 4 is 11.0 Å². The smallest absolute Gasteiger partial charge is 0.146 e. The van der Waals surface area contributed by atoms with Crippen LogP contribution in [0.3, 0.4) is 0 Å². The summed E-state index contributed by atoms with van der Waals surface area (Å²) in [5.74, 6) is 0.427. The number of rotatable bonds is 5. The molecule has 4 aromatic rings. The minimum atomic E-state index is -0.191. The number of hydrogen-bond donors (Lipinski definition) is 2. The van der Waals surface area contributed by atoms with Gasteiger partial charge in [0.15, 0.2) is 0 Å². The predicted octanol–water partition coefficient (Wildman–Crippen LogP) is 6.72. The van der Waals surface area contributed by atoms with Crippen LogP contribution in [0, 0.1) is 6.92 Å². The summed E-state index contributed by atoms with van der Waals surface area (Å²) in [6.07, 6.45) is 1.35. The van der Waals surface area contributed by atoms with Crippen molar-refractivity contribution in [1.82, 2.24) is 15.0 Å². The Bertz CT molecular complexity index is 1330. The molecule has 0 spiro atoms. The summed E-state index contributed by atoms with van der Waals surface area (Å²) in [6.45, 7) is 14.9. The largest absolute Gasteiger partial charge is 0.507 e. The van der Waals surface area contributed by atoms with Gasteiger partial charge in [-0.25, -0.2) is 0 Å². The lowest BCUT2D eigenvalue weighted by Gasteiger charge is -2.26. The van der Waals surface area contributed by atoms with E-state index in [1.807, 2.05) is 49.4 Å². The van der Waals surface area contributed by atoms with Gasteiger partial charge in [-0.3, -0.25) is 0 Å². The van der Waals surface area contributed by atoms with E-state index in [1.54, 1.807) is 0 Å². The fourth-order valence-electron chi connectivity index (χ4n) is 4.29. The van der Waals surface area contributed by atoms with E-state index in [1.165, 1.54) is 4.80 Å². The molecule has 1 aromatic heterocycles.